The second kappa shape index (κ2) is 4.36. The van der Waals surface area contributed by atoms with Gasteiger partial charge in [0.25, 0.3) is 0 Å². The molecule has 0 aliphatic heterocycles. The van der Waals surface area contributed by atoms with Gasteiger partial charge in [-0.3, -0.25) is 4.40 Å². The monoisotopic (exact) mass is 341 g/mol. The molecule has 4 rings (SSSR count). The summed E-state index contributed by atoms with van der Waals surface area (Å²) in [6.45, 7) is 1.94. The summed E-state index contributed by atoms with van der Waals surface area (Å²) >= 11 is 3.46. The molecule has 21 heavy (non-hydrogen) atoms. The summed E-state index contributed by atoms with van der Waals surface area (Å²) in [4.78, 5) is 4.66. The second-order valence-electron chi connectivity index (χ2n) is 4.95. The summed E-state index contributed by atoms with van der Waals surface area (Å²) in [5.41, 5.74) is 9.68. The van der Waals surface area contributed by atoms with Gasteiger partial charge in [0, 0.05) is 16.1 Å². The number of halogens is 1. The van der Waals surface area contributed by atoms with E-state index in [2.05, 4.69) is 20.9 Å². The van der Waals surface area contributed by atoms with E-state index in [9.17, 15) is 0 Å². The summed E-state index contributed by atoms with van der Waals surface area (Å²) in [5.74, 6) is 1.44. The number of furan rings is 1. The Morgan fingerprint density at radius 3 is 2.86 bits per heavy atom. The van der Waals surface area contributed by atoms with E-state index in [4.69, 9.17) is 10.2 Å². The van der Waals surface area contributed by atoms with Crippen molar-refractivity contribution in [2.75, 3.05) is 5.73 Å². The van der Waals surface area contributed by atoms with Crippen molar-refractivity contribution in [1.82, 2.24) is 9.38 Å². The highest BCUT2D eigenvalue weighted by Gasteiger charge is 2.19. The normalized spacial score (nSPS) is 11.5. The number of anilines is 1. The van der Waals surface area contributed by atoms with Crippen LogP contribution < -0.4 is 5.73 Å². The predicted octanol–water partition coefficient (Wildman–Crippen LogP) is 4.40. The van der Waals surface area contributed by atoms with E-state index in [1.807, 2.05) is 53.9 Å². The zero-order chi connectivity index (χ0) is 14.6. The van der Waals surface area contributed by atoms with Gasteiger partial charge in [-0.2, -0.15) is 0 Å². The number of nitrogen functional groups attached to an aromatic ring is 1. The number of aromatic nitrogens is 2. The third kappa shape index (κ3) is 1.77. The van der Waals surface area contributed by atoms with Crippen molar-refractivity contribution in [3.63, 3.8) is 0 Å². The van der Waals surface area contributed by atoms with E-state index in [0.717, 1.165) is 38.1 Å². The molecule has 4 aromatic rings. The highest BCUT2D eigenvalue weighted by atomic mass is 79.9. The summed E-state index contributed by atoms with van der Waals surface area (Å²) in [5, 5.41) is 1.03. The van der Waals surface area contributed by atoms with E-state index in [1.54, 1.807) is 0 Å². The van der Waals surface area contributed by atoms with Crippen LogP contribution in [0.15, 0.2) is 51.5 Å². The number of imidazole rings is 1. The van der Waals surface area contributed by atoms with Crippen molar-refractivity contribution < 1.29 is 4.42 Å². The Morgan fingerprint density at radius 2 is 2.00 bits per heavy atom. The fraction of sp³-hybridized carbons (Fsp3) is 0.0625. The number of rotatable bonds is 1. The first-order chi connectivity index (χ1) is 10.1. The Hall–Kier alpha value is -2.27. The summed E-state index contributed by atoms with van der Waals surface area (Å²) in [7, 11) is 0. The molecule has 3 heterocycles. The first kappa shape index (κ1) is 12.5. The molecule has 3 aromatic heterocycles. The van der Waals surface area contributed by atoms with Crippen molar-refractivity contribution >= 4 is 38.4 Å². The smallest absolute Gasteiger partial charge is 0.139 e. The largest absolute Gasteiger partial charge is 0.461 e. The lowest BCUT2D eigenvalue weighted by atomic mass is 10.1. The molecule has 0 saturated carbocycles. The lowest BCUT2D eigenvalue weighted by Gasteiger charge is -1.99. The summed E-state index contributed by atoms with van der Waals surface area (Å²) in [6.07, 6.45) is 1.92. The number of hydrogen-bond donors (Lipinski definition) is 1. The SMILES string of the molecule is Cc1oc2ccccc2c1-c1nc2ccc(Br)cn2c1N. The van der Waals surface area contributed by atoms with Crippen molar-refractivity contribution in [3.05, 3.63) is 52.8 Å². The average Bonchev–Trinajstić information content (AvgIpc) is 2.96. The number of pyridine rings is 1. The van der Waals surface area contributed by atoms with E-state index in [-0.39, 0.29) is 0 Å². The number of benzene rings is 1. The molecule has 0 aliphatic carbocycles. The molecule has 0 unspecified atom stereocenters. The van der Waals surface area contributed by atoms with E-state index in [1.165, 1.54) is 0 Å². The number of nitrogens with zero attached hydrogens (tertiary/aromatic N) is 2. The van der Waals surface area contributed by atoms with Gasteiger partial charge in [-0.1, -0.05) is 18.2 Å². The Labute approximate surface area is 129 Å². The zero-order valence-corrected chi connectivity index (χ0v) is 12.9. The van der Waals surface area contributed by atoms with Crippen molar-refractivity contribution in [1.29, 1.82) is 0 Å². The Bertz CT molecular complexity index is 984. The molecular weight excluding hydrogens is 330 g/mol. The zero-order valence-electron chi connectivity index (χ0n) is 11.3. The van der Waals surface area contributed by atoms with Crippen LogP contribution >= 0.6 is 15.9 Å². The highest BCUT2D eigenvalue weighted by Crippen LogP contribution is 2.37. The van der Waals surface area contributed by atoms with E-state index in [0.29, 0.717) is 5.82 Å². The average molecular weight is 342 g/mol. The molecule has 0 bridgehead atoms. The molecule has 0 spiro atoms. The maximum absolute atomic E-state index is 6.30. The topological polar surface area (TPSA) is 56.5 Å². The van der Waals surface area contributed by atoms with Gasteiger partial charge in [0.2, 0.25) is 0 Å². The molecule has 0 fully saturated rings. The van der Waals surface area contributed by atoms with Crippen LogP contribution in [0.5, 0.6) is 0 Å². The third-order valence-electron chi connectivity index (χ3n) is 3.63. The molecule has 5 heteroatoms. The minimum atomic E-state index is 0.612. The molecule has 0 atom stereocenters. The Balaban J connectivity index is 2.09. The van der Waals surface area contributed by atoms with Crippen molar-refractivity contribution in [2.45, 2.75) is 6.92 Å². The third-order valence-corrected chi connectivity index (χ3v) is 4.10. The number of aryl methyl sites for hydroxylation is 1. The lowest BCUT2D eigenvalue weighted by molar-refractivity contribution is 0.580. The number of nitrogens with two attached hydrogens (primary N) is 1. The molecule has 4 nitrogen and oxygen atoms in total. The summed E-state index contributed by atoms with van der Waals surface area (Å²) in [6, 6.07) is 11.8. The fourth-order valence-electron chi connectivity index (χ4n) is 2.68. The van der Waals surface area contributed by atoms with Gasteiger partial charge >= 0.3 is 0 Å². The minimum absolute atomic E-state index is 0.612. The maximum atomic E-state index is 6.30. The van der Waals surface area contributed by atoms with E-state index >= 15 is 0 Å². The van der Waals surface area contributed by atoms with Crippen LogP contribution in [-0.4, -0.2) is 9.38 Å². The molecule has 1 aromatic carbocycles. The van der Waals surface area contributed by atoms with Gasteiger partial charge in [-0.25, -0.2) is 4.98 Å². The van der Waals surface area contributed by atoms with E-state index < -0.39 is 0 Å². The standard InChI is InChI=1S/C16H12BrN3O/c1-9-14(11-4-2-3-5-12(11)21-9)15-16(18)20-8-10(17)6-7-13(20)19-15/h2-8H,18H2,1H3. The van der Waals surface area contributed by atoms with Gasteiger partial charge in [0.15, 0.2) is 0 Å². The van der Waals surface area contributed by atoms with Crippen LogP contribution in [-0.2, 0) is 0 Å². The van der Waals surface area contributed by atoms with Crippen LogP contribution in [0, 0.1) is 6.92 Å². The fourth-order valence-corrected chi connectivity index (χ4v) is 3.02. The summed E-state index contributed by atoms with van der Waals surface area (Å²) < 4.78 is 8.65. The Kier molecular flexibility index (Phi) is 2.59. The molecule has 0 saturated heterocycles. The second-order valence-corrected chi connectivity index (χ2v) is 5.87. The molecule has 0 radical (unpaired) electrons. The molecular formula is C16H12BrN3O. The van der Waals surface area contributed by atoms with Crippen LogP contribution in [0.1, 0.15) is 5.76 Å². The molecule has 104 valence electrons. The van der Waals surface area contributed by atoms with Crippen LogP contribution in [0.2, 0.25) is 0 Å². The first-order valence-corrected chi connectivity index (χ1v) is 7.36. The minimum Gasteiger partial charge on any atom is -0.461 e. The lowest BCUT2D eigenvalue weighted by Crippen LogP contribution is -1.94. The molecule has 0 aliphatic rings. The highest BCUT2D eigenvalue weighted by molar-refractivity contribution is 9.10. The predicted molar refractivity (Wildman–Crippen MR) is 87.2 cm³/mol. The van der Waals surface area contributed by atoms with Gasteiger partial charge in [0.1, 0.15) is 28.5 Å². The molecule has 0 amide bonds. The quantitative estimate of drug-likeness (QED) is 0.558. The van der Waals surface area contributed by atoms with Crippen LogP contribution in [0.3, 0.4) is 0 Å². The van der Waals surface area contributed by atoms with Crippen LogP contribution in [0.25, 0.3) is 27.9 Å². The number of para-hydroxylation sites is 1. The van der Waals surface area contributed by atoms with Crippen LogP contribution in [0.4, 0.5) is 5.82 Å². The van der Waals surface area contributed by atoms with Crippen molar-refractivity contribution in [3.8, 4) is 11.3 Å². The van der Waals surface area contributed by atoms with Crippen molar-refractivity contribution in [2.24, 2.45) is 0 Å². The Morgan fingerprint density at radius 1 is 1.19 bits per heavy atom. The molecule has 2 N–H and O–H groups in total. The van der Waals surface area contributed by atoms with Gasteiger partial charge < -0.3 is 10.2 Å². The first-order valence-electron chi connectivity index (χ1n) is 6.57. The van der Waals surface area contributed by atoms with Gasteiger partial charge in [-0.15, -0.1) is 0 Å². The number of fused-ring (bicyclic) bond motifs is 2. The maximum Gasteiger partial charge on any atom is 0.139 e. The van der Waals surface area contributed by atoms with Gasteiger partial charge in [-0.05, 0) is 41.1 Å². The number of hydrogen-bond acceptors (Lipinski definition) is 3. The van der Waals surface area contributed by atoms with Gasteiger partial charge in [0.05, 0.1) is 5.56 Å².